The van der Waals surface area contributed by atoms with Crippen molar-refractivity contribution in [3.05, 3.63) is 50.1 Å². The Morgan fingerprint density at radius 1 is 0.714 bits per heavy atom. The number of ether oxygens (including phenoxy) is 2. The lowest BCUT2D eigenvalue weighted by Crippen LogP contribution is -1.73. The summed E-state index contributed by atoms with van der Waals surface area (Å²) < 4.78 is 8.79. The van der Waals surface area contributed by atoms with Crippen molar-refractivity contribution in [3.63, 3.8) is 0 Å². The molecular formula is C26H60O2. The molecule has 0 heterocycles. The average Bonchev–Trinajstić information content (AvgIpc) is 2.72. The summed E-state index contributed by atoms with van der Waals surface area (Å²) in [6.45, 7) is 31.5. The van der Waals surface area contributed by atoms with Crippen LogP contribution < -0.4 is 0 Å². The van der Waals surface area contributed by atoms with E-state index in [1.165, 1.54) is 19.3 Å². The number of methoxy groups -OCH3 is 2. The van der Waals surface area contributed by atoms with E-state index in [1.54, 1.807) is 39.6 Å². The van der Waals surface area contributed by atoms with Crippen molar-refractivity contribution in [1.82, 2.24) is 0 Å². The van der Waals surface area contributed by atoms with Crippen molar-refractivity contribution >= 4 is 0 Å². The number of rotatable bonds is 4. The highest BCUT2D eigenvalue weighted by atomic mass is 16.5. The van der Waals surface area contributed by atoms with Crippen LogP contribution in [0.2, 0.25) is 0 Å². The Bertz CT molecular complexity index is 169. The normalized spacial score (nSPS) is 6.61. The van der Waals surface area contributed by atoms with Crippen LogP contribution >= 0.6 is 0 Å². The predicted molar refractivity (Wildman–Crippen MR) is 140 cm³/mol. The highest BCUT2D eigenvalue weighted by Gasteiger charge is 1.56. The highest BCUT2D eigenvalue weighted by Crippen LogP contribution is 1.76. The highest BCUT2D eigenvalue weighted by molar-refractivity contribution is 4.88. The molecule has 0 aliphatic heterocycles. The summed E-state index contributed by atoms with van der Waals surface area (Å²) in [4.78, 5) is 0. The largest absolute Gasteiger partial charge is 0.388 e. The molecule has 2 nitrogen and oxygen atoms in total. The molecule has 0 aromatic heterocycles. The van der Waals surface area contributed by atoms with Crippen LogP contribution in [0.1, 0.15) is 94.9 Å². The van der Waals surface area contributed by atoms with E-state index in [1.807, 2.05) is 34.6 Å². The third kappa shape index (κ3) is 942. The van der Waals surface area contributed by atoms with Gasteiger partial charge in [-0.25, -0.2) is 0 Å². The molecule has 0 bridgehead atoms. The summed E-state index contributed by atoms with van der Waals surface area (Å²) in [6, 6.07) is 0. The van der Waals surface area contributed by atoms with Gasteiger partial charge >= 0.3 is 0 Å². The van der Waals surface area contributed by atoms with Crippen molar-refractivity contribution in [1.29, 1.82) is 0 Å². The first-order valence-electron chi connectivity index (χ1n) is 10.7. The van der Waals surface area contributed by atoms with E-state index in [2.05, 4.69) is 76.0 Å². The fourth-order valence-electron chi connectivity index (χ4n) is 0.236. The predicted octanol–water partition coefficient (Wildman–Crippen LogP) is 9.69. The molecule has 0 saturated heterocycles. The van der Waals surface area contributed by atoms with Gasteiger partial charge in [0.2, 0.25) is 0 Å². The Hall–Kier alpha value is -1.12. The monoisotopic (exact) mass is 404 g/mol. The molecule has 0 fully saturated rings. The lowest BCUT2D eigenvalue weighted by atomic mass is 10.4. The van der Waals surface area contributed by atoms with E-state index in [0.29, 0.717) is 0 Å². The number of unbranched alkanes of at least 4 members (excludes halogenated alkanes) is 1. The first kappa shape index (κ1) is 50.5. The van der Waals surface area contributed by atoms with Gasteiger partial charge in [0.25, 0.3) is 0 Å². The molecule has 176 valence electrons. The third-order valence-corrected chi connectivity index (χ3v) is 1.43. The fourth-order valence-corrected chi connectivity index (χ4v) is 0.236. The van der Waals surface area contributed by atoms with Crippen LogP contribution in [0.15, 0.2) is 50.1 Å². The van der Waals surface area contributed by atoms with Gasteiger partial charge in [-0.1, -0.05) is 111 Å². The molecule has 0 atom stereocenters. The SMILES string of the molecule is C=CC.C=CC=C.CC.CC=CCC.CCC.CCCC.CCOC.COC. The second-order valence-electron chi connectivity index (χ2n) is 4.55. The molecule has 0 aromatic carbocycles. The molecule has 0 radical (unpaired) electrons. The molecule has 0 rings (SSSR count). The second kappa shape index (κ2) is 135. The van der Waals surface area contributed by atoms with Gasteiger partial charge in [0.1, 0.15) is 0 Å². The van der Waals surface area contributed by atoms with Crippen molar-refractivity contribution in [2.24, 2.45) is 0 Å². The van der Waals surface area contributed by atoms with Gasteiger partial charge in [0.05, 0.1) is 0 Å². The maximum absolute atomic E-state index is 4.54. The number of hydrogen-bond donors (Lipinski definition) is 0. The van der Waals surface area contributed by atoms with E-state index in [-0.39, 0.29) is 0 Å². The minimum Gasteiger partial charge on any atom is -0.388 e. The second-order valence-corrected chi connectivity index (χ2v) is 4.55. The minimum absolute atomic E-state index is 0.819. The molecule has 2 heteroatoms. The average molecular weight is 405 g/mol. The van der Waals surface area contributed by atoms with Crippen LogP contribution in [0, 0.1) is 0 Å². The van der Waals surface area contributed by atoms with Crippen LogP contribution in [-0.2, 0) is 9.47 Å². The smallest absolute Gasteiger partial charge is 0.0433 e. The van der Waals surface area contributed by atoms with E-state index in [4.69, 9.17) is 0 Å². The van der Waals surface area contributed by atoms with Gasteiger partial charge in [0, 0.05) is 27.9 Å². The fraction of sp³-hybridized carbons (Fsp3) is 0.692. The Kier molecular flexibility index (Phi) is 244. The zero-order chi connectivity index (χ0) is 24.5. The Morgan fingerprint density at radius 3 is 0.929 bits per heavy atom. The Morgan fingerprint density at radius 2 is 0.929 bits per heavy atom. The van der Waals surface area contributed by atoms with Crippen LogP contribution in [0.3, 0.4) is 0 Å². The maximum Gasteiger partial charge on any atom is 0.0433 e. The molecule has 0 spiro atoms. The van der Waals surface area contributed by atoms with Gasteiger partial charge in [0.15, 0.2) is 0 Å². The lowest BCUT2D eigenvalue weighted by molar-refractivity contribution is 0.215. The van der Waals surface area contributed by atoms with Crippen molar-refractivity contribution in [2.45, 2.75) is 94.9 Å². The molecule has 0 saturated carbocycles. The maximum atomic E-state index is 4.54. The van der Waals surface area contributed by atoms with Gasteiger partial charge in [-0.05, 0) is 27.2 Å². The number of allylic oxidation sites excluding steroid dienone is 5. The van der Waals surface area contributed by atoms with Crippen LogP contribution in [-0.4, -0.2) is 27.9 Å². The summed E-state index contributed by atoms with van der Waals surface area (Å²) in [5.41, 5.74) is 0. The van der Waals surface area contributed by atoms with Crippen molar-refractivity contribution in [2.75, 3.05) is 27.9 Å². The molecule has 0 aliphatic carbocycles. The topological polar surface area (TPSA) is 18.5 Å². The first-order valence-corrected chi connectivity index (χ1v) is 10.7. The van der Waals surface area contributed by atoms with Crippen molar-refractivity contribution in [3.8, 4) is 0 Å². The van der Waals surface area contributed by atoms with E-state index >= 15 is 0 Å². The van der Waals surface area contributed by atoms with Gasteiger partial charge in [-0.2, -0.15) is 0 Å². The molecule has 28 heavy (non-hydrogen) atoms. The summed E-state index contributed by atoms with van der Waals surface area (Å²) in [5, 5.41) is 0. The molecule has 0 N–H and O–H groups in total. The standard InChI is InChI=1S/C5H10.C4H10.C4H6.C3H8O.C3H8.C3H6.C2H6O.C2H6/c1-3-5-4-2;3*1-3-4-2;3*1-3-2;1-2/h3,5H,4H2,1-2H3;3-4H2,1-2H3;3-4H,1-2H2;3H2,1-2H3;3H2,1-2H3;3H,1H2,2H3;1-2H3;1-2H3. The quantitative estimate of drug-likeness (QED) is 0.343. The minimum atomic E-state index is 0.819. The molecule has 0 aliphatic rings. The third-order valence-electron chi connectivity index (χ3n) is 1.43. The lowest BCUT2D eigenvalue weighted by Gasteiger charge is -1.76. The first-order chi connectivity index (χ1) is 13.4. The van der Waals surface area contributed by atoms with Crippen LogP contribution in [0.4, 0.5) is 0 Å². The van der Waals surface area contributed by atoms with Gasteiger partial charge in [-0.15, -0.1) is 6.58 Å². The molecule has 0 amide bonds. The number of hydrogen-bond acceptors (Lipinski definition) is 2. The summed E-state index contributed by atoms with van der Waals surface area (Å²) in [7, 11) is 4.93. The van der Waals surface area contributed by atoms with E-state index < -0.39 is 0 Å². The van der Waals surface area contributed by atoms with Gasteiger partial charge < -0.3 is 9.47 Å². The summed E-state index contributed by atoms with van der Waals surface area (Å²) >= 11 is 0. The zero-order valence-corrected chi connectivity index (χ0v) is 22.4. The van der Waals surface area contributed by atoms with E-state index in [0.717, 1.165) is 13.0 Å². The van der Waals surface area contributed by atoms with E-state index in [9.17, 15) is 0 Å². The molecule has 0 unspecified atom stereocenters. The van der Waals surface area contributed by atoms with Crippen molar-refractivity contribution < 1.29 is 9.47 Å². The van der Waals surface area contributed by atoms with Gasteiger partial charge in [-0.3, -0.25) is 0 Å². The molecular weight excluding hydrogens is 344 g/mol. The Labute approximate surface area is 182 Å². The summed E-state index contributed by atoms with van der Waals surface area (Å²) in [5.74, 6) is 0. The van der Waals surface area contributed by atoms with Crippen LogP contribution in [0.25, 0.3) is 0 Å². The van der Waals surface area contributed by atoms with Crippen LogP contribution in [0.5, 0.6) is 0 Å². The Balaban J connectivity index is -0.0000000276. The zero-order valence-electron chi connectivity index (χ0n) is 22.4. The summed E-state index contributed by atoms with van der Waals surface area (Å²) in [6.07, 6.45) is 14.3. The molecule has 0 aromatic rings.